The molecular weight excluding hydrogens is 390 g/mol. The maximum Gasteiger partial charge on any atom is 0.294 e. The van der Waals surface area contributed by atoms with Crippen LogP contribution in [0.5, 0.6) is 0 Å². The fraction of sp³-hybridized carbons (Fsp3) is 0.417. The van der Waals surface area contributed by atoms with E-state index in [0.717, 1.165) is 33.9 Å². The predicted molar refractivity (Wildman–Crippen MR) is 121 cm³/mol. The number of aromatic nitrogens is 3. The van der Waals surface area contributed by atoms with Crippen molar-refractivity contribution in [3.63, 3.8) is 0 Å². The van der Waals surface area contributed by atoms with Crippen LogP contribution in [-0.2, 0) is 4.79 Å². The lowest BCUT2D eigenvalue weighted by molar-refractivity contribution is -0.118. The molecule has 2 bridgehead atoms. The lowest BCUT2D eigenvalue weighted by Gasteiger charge is -2.21. The van der Waals surface area contributed by atoms with Crippen molar-refractivity contribution in [1.82, 2.24) is 14.9 Å². The van der Waals surface area contributed by atoms with Crippen LogP contribution in [0.25, 0.3) is 22.0 Å². The second kappa shape index (κ2) is 7.80. The third-order valence-corrected chi connectivity index (χ3v) is 6.85. The van der Waals surface area contributed by atoms with E-state index >= 15 is 0 Å². The Kier molecular flexibility index (Phi) is 4.96. The van der Waals surface area contributed by atoms with Gasteiger partial charge in [0.25, 0.3) is 5.56 Å². The quantitative estimate of drug-likeness (QED) is 0.688. The Labute approximate surface area is 181 Å². The molecule has 1 amide bonds. The molecule has 7 nitrogen and oxygen atoms in total. The highest BCUT2D eigenvalue weighted by molar-refractivity contribution is 5.94. The SMILES string of the molecule is CN(C)c1ccc(-c2nn(NC(=O)CC3CC4CCC3C4)c(=O)c3ccccc23)cn1. The maximum atomic E-state index is 13.0. The molecule has 1 N–H and O–H groups in total. The number of nitrogens with zero attached hydrogens (tertiary/aromatic N) is 4. The number of carbonyl (C=O) groups excluding carboxylic acids is 1. The number of hydrogen-bond donors (Lipinski definition) is 1. The van der Waals surface area contributed by atoms with Gasteiger partial charge in [0, 0.05) is 37.7 Å². The number of fused-ring (bicyclic) bond motifs is 3. The van der Waals surface area contributed by atoms with Gasteiger partial charge >= 0.3 is 0 Å². The molecule has 2 aliphatic carbocycles. The summed E-state index contributed by atoms with van der Waals surface area (Å²) in [5.74, 6) is 2.56. The average Bonchev–Trinajstić information content (AvgIpc) is 3.39. The Balaban J connectivity index is 1.47. The summed E-state index contributed by atoms with van der Waals surface area (Å²) in [7, 11) is 3.86. The van der Waals surface area contributed by atoms with Crippen molar-refractivity contribution < 1.29 is 4.79 Å². The van der Waals surface area contributed by atoms with E-state index in [1.807, 2.05) is 49.3 Å². The molecule has 2 saturated carbocycles. The number of rotatable bonds is 5. The van der Waals surface area contributed by atoms with Crippen LogP contribution in [0.2, 0.25) is 0 Å². The van der Waals surface area contributed by atoms with Gasteiger partial charge in [-0.3, -0.25) is 9.59 Å². The van der Waals surface area contributed by atoms with Crippen molar-refractivity contribution in [2.24, 2.45) is 17.8 Å². The fourth-order valence-corrected chi connectivity index (χ4v) is 5.30. The van der Waals surface area contributed by atoms with Crippen LogP contribution < -0.4 is 15.9 Å². The monoisotopic (exact) mass is 417 g/mol. The van der Waals surface area contributed by atoms with Crippen LogP contribution in [-0.4, -0.2) is 34.9 Å². The van der Waals surface area contributed by atoms with Gasteiger partial charge in [0.15, 0.2) is 0 Å². The molecule has 2 heterocycles. The molecule has 3 aromatic rings. The molecule has 2 aromatic heterocycles. The lowest BCUT2D eigenvalue weighted by Crippen LogP contribution is -2.36. The summed E-state index contributed by atoms with van der Waals surface area (Å²) in [4.78, 5) is 33.3. The summed E-state index contributed by atoms with van der Waals surface area (Å²) < 4.78 is 0. The standard InChI is InChI=1S/C24H27N5O2/c1-28(2)21-10-9-17(14-25-21)23-19-5-3-4-6-20(19)24(31)29(27-23)26-22(30)13-18-12-15-7-8-16(18)11-15/h3-6,9-10,14-16,18H,7-8,11-13H2,1-2H3,(H,26,30). The van der Waals surface area contributed by atoms with Gasteiger partial charge < -0.3 is 4.90 Å². The number of carbonyl (C=O) groups is 1. The summed E-state index contributed by atoms with van der Waals surface area (Å²) in [6, 6.07) is 11.2. The minimum atomic E-state index is -0.321. The van der Waals surface area contributed by atoms with E-state index in [2.05, 4.69) is 15.5 Å². The summed E-state index contributed by atoms with van der Waals surface area (Å²) in [5.41, 5.74) is 3.84. The second-order valence-corrected chi connectivity index (χ2v) is 9.08. The van der Waals surface area contributed by atoms with Gasteiger partial charge in [-0.25, -0.2) is 10.4 Å². The van der Waals surface area contributed by atoms with Crippen LogP contribution >= 0.6 is 0 Å². The second-order valence-electron chi connectivity index (χ2n) is 9.08. The Hall–Kier alpha value is -3.22. The highest BCUT2D eigenvalue weighted by atomic mass is 16.2. The number of nitrogens with one attached hydrogen (secondary N) is 1. The molecule has 31 heavy (non-hydrogen) atoms. The Bertz CT molecular complexity index is 1180. The molecule has 2 aliphatic rings. The van der Waals surface area contributed by atoms with Crippen LogP contribution in [0.3, 0.4) is 0 Å². The third-order valence-electron chi connectivity index (χ3n) is 6.85. The van der Waals surface area contributed by atoms with E-state index in [4.69, 9.17) is 0 Å². The first-order valence-corrected chi connectivity index (χ1v) is 11.0. The molecule has 2 fully saturated rings. The van der Waals surface area contributed by atoms with E-state index in [0.29, 0.717) is 29.3 Å². The van der Waals surface area contributed by atoms with E-state index < -0.39 is 0 Å². The number of hydrogen-bond acceptors (Lipinski definition) is 5. The molecule has 0 saturated heterocycles. The van der Waals surface area contributed by atoms with Gasteiger partial charge in [0.2, 0.25) is 5.91 Å². The average molecular weight is 418 g/mol. The molecule has 3 atom stereocenters. The predicted octanol–water partition coefficient (Wildman–Crippen LogP) is 3.42. The van der Waals surface area contributed by atoms with Crippen molar-refractivity contribution in [3.8, 4) is 11.3 Å². The molecule has 0 aliphatic heterocycles. The van der Waals surface area contributed by atoms with Crippen molar-refractivity contribution in [3.05, 3.63) is 52.9 Å². The number of pyridine rings is 1. The van der Waals surface area contributed by atoms with E-state index in [1.54, 1.807) is 12.3 Å². The molecule has 0 spiro atoms. The van der Waals surface area contributed by atoms with Gasteiger partial charge in [0.05, 0.1) is 5.39 Å². The van der Waals surface area contributed by atoms with E-state index in [-0.39, 0.29) is 11.5 Å². The Morgan fingerprint density at radius 1 is 1.13 bits per heavy atom. The third kappa shape index (κ3) is 3.69. The highest BCUT2D eigenvalue weighted by Crippen LogP contribution is 2.49. The van der Waals surface area contributed by atoms with Crippen molar-refractivity contribution >= 4 is 22.5 Å². The van der Waals surface area contributed by atoms with Crippen LogP contribution in [0.1, 0.15) is 32.1 Å². The summed E-state index contributed by atoms with van der Waals surface area (Å²) in [5, 5.41) is 5.79. The molecule has 7 heteroatoms. The minimum Gasteiger partial charge on any atom is -0.363 e. The van der Waals surface area contributed by atoms with Crippen LogP contribution in [0, 0.1) is 17.8 Å². The molecule has 5 rings (SSSR count). The highest BCUT2D eigenvalue weighted by Gasteiger charge is 2.40. The smallest absolute Gasteiger partial charge is 0.294 e. The van der Waals surface area contributed by atoms with Gasteiger partial charge in [-0.05, 0) is 55.2 Å². The van der Waals surface area contributed by atoms with Gasteiger partial charge in [-0.15, -0.1) is 9.89 Å². The molecule has 160 valence electrons. The van der Waals surface area contributed by atoms with E-state index in [9.17, 15) is 9.59 Å². The van der Waals surface area contributed by atoms with Crippen LogP contribution in [0.15, 0.2) is 47.4 Å². The summed E-state index contributed by atoms with van der Waals surface area (Å²) in [6.45, 7) is 0. The summed E-state index contributed by atoms with van der Waals surface area (Å²) in [6.07, 6.45) is 7.13. The Morgan fingerprint density at radius 2 is 1.94 bits per heavy atom. The van der Waals surface area contributed by atoms with Crippen LogP contribution in [0.4, 0.5) is 5.82 Å². The largest absolute Gasteiger partial charge is 0.363 e. The molecule has 1 aromatic carbocycles. The van der Waals surface area contributed by atoms with Crippen molar-refractivity contribution in [2.75, 3.05) is 24.4 Å². The zero-order chi connectivity index (χ0) is 21.5. The molecule has 3 unspecified atom stereocenters. The Morgan fingerprint density at radius 3 is 2.58 bits per heavy atom. The summed E-state index contributed by atoms with van der Waals surface area (Å²) >= 11 is 0. The van der Waals surface area contributed by atoms with Gasteiger partial charge in [-0.1, -0.05) is 24.6 Å². The lowest BCUT2D eigenvalue weighted by atomic mass is 9.86. The number of benzene rings is 1. The molecule has 0 radical (unpaired) electrons. The zero-order valence-electron chi connectivity index (χ0n) is 17.9. The molecular formula is C24H27N5O2. The number of anilines is 1. The van der Waals surface area contributed by atoms with Crippen molar-refractivity contribution in [2.45, 2.75) is 32.1 Å². The fourth-order valence-electron chi connectivity index (χ4n) is 5.30. The van der Waals surface area contributed by atoms with Crippen molar-refractivity contribution in [1.29, 1.82) is 0 Å². The zero-order valence-corrected chi connectivity index (χ0v) is 17.9. The van der Waals surface area contributed by atoms with Gasteiger partial charge in [0.1, 0.15) is 11.5 Å². The van der Waals surface area contributed by atoms with E-state index in [1.165, 1.54) is 19.3 Å². The first kappa shape index (κ1) is 19.7. The first-order valence-electron chi connectivity index (χ1n) is 11.0. The topological polar surface area (TPSA) is 80.1 Å². The number of amides is 1. The van der Waals surface area contributed by atoms with Gasteiger partial charge in [-0.2, -0.15) is 0 Å². The first-order chi connectivity index (χ1) is 15.0. The minimum absolute atomic E-state index is 0.144. The normalized spacial score (nSPS) is 22.1. The maximum absolute atomic E-state index is 13.0.